The Morgan fingerprint density at radius 1 is 1.40 bits per heavy atom. The second kappa shape index (κ2) is 7.05. The fourth-order valence-electron chi connectivity index (χ4n) is 0.356. The van der Waals surface area contributed by atoms with Crippen LogP contribution in [0.4, 0.5) is 13.2 Å². The molecule has 0 aromatic rings. The van der Waals surface area contributed by atoms with Gasteiger partial charge in [0, 0.05) is 12.1 Å². The SMILES string of the molecule is C=C(C)C(=O)O.C=C(CN)CC(F)(F)F. The molecule has 0 aromatic heterocycles. The zero-order valence-electron chi connectivity index (χ0n) is 8.40. The van der Waals surface area contributed by atoms with Crippen molar-refractivity contribution >= 4 is 5.97 Å². The van der Waals surface area contributed by atoms with E-state index < -0.39 is 18.6 Å². The average Bonchev–Trinajstić information content (AvgIpc) is 2.02. The molecule has 0 aliphatic heterocycles. The Balaban J connectivity index is 0. The van der Waals surface area contributed by atoms with E-state index in [4.69, 9.17) is 10.8 Å². The molecule has 0 atom stereocenters. The Kier molecular flexibility index (Phi) is 7.59. The van der Waals surface area contributed by atoms with Gasteiger partial charge in [0.1, 0.15) is 0 Å². The lowest BCUT2D eigenvalue weighted by atomic mass is 10.2. The molecular formula is C9H14F3NO2. The maximum absolute atomic E-state index is 11.4. The number of hydrogen-bond donors (Lipinski definition) is 2. The first-order valence-corrected chi connectivity index (χ1v) is 3.92. The van der Waals surface area contributed by atoms with Crippen molar-refractivity contribution in [1.29, 1.82) is 0 Å². The normalized spacial score (nSPS) is 9.93. The summed E-state index contributed by atoms with van der Waals surface area (Å²) < 4.78 is 34.1. The van der Waals surface area contributed by atoms with Gasteiger partial charge in [-0.1, -0.05) is 18.7 Å². The van der Waals surface area contributed by atoms with Crippen LogP contribution in [0.2, 0.25) is 0 Å². The lowest BCUT2D eigenvalue weighted by Crippen LogP contribution is -2.13. The Hall–Kier alpha value is -1.30. The molecule has 0 saturated carbocycles. The Morgan fingerprint density at radius 3 is 1.80 bits per heavy atom. The summed E-state index contributed by atoms with van der Waals surface area (Å²) in [5.41, 5.74) is 5.07. The number of hydrogen-bond acceptors (Lipinski definition) is 2. The smallest absolute Gasteiger partial charge is 0.392 e. The van der Waals surface area contributed by atoms with Crippen molar-refractivity contribution in [3.63, 3.8) is 0 Å². The zero-order chi connectivity index (χ0) is 12.6. The highest BCUT2D eigenvalue weighted by molar-refractivity contribution is 5.84. The van der Waals surface area contributed by atoms with Crippen molar-refractivity contribution in [3.8, 4) is 0 Å². The summed E-state index contributed by atoms with van der Waals surface area (Å²) in [4.78, 5) is 9.60. The molecule has 0 aliphatic rings. The molecule has 0 aliphatic carbocycles. The second-order valence-electron chi connectivity index (χ2n) is 2.83. The first-order chi connectivity index (χ1) is 6.60. The van der Waals surface area contributed by atoms with Gasteiger partial charge >= 0.3 is 12.1 Å². The third-order valence-electron chi connectivity index (χ3n) is 1.10. The first kappa shape index (κ1) is 16.1. The molecule has 6 heteroatoms. The van der Waals surface area contributed by atoms with E-state index in [1.54, 1.807) is 0 Å². The molecule has 0 saturated heterocycles. The summed E-state index contributed by atoms with van der Waals surface area (Å²) in [5.74, 6) is -0.935. The number of carboxylic acid groups (broad SMARTS) is 1. The Morgan fingerprint density at radius 2 is 1.73 bits per heavy atom. The number of carbonyl (C=O) groups is 1. The lowest BCUT2D eigenvalue weighted by molar-refractivity contribution is -0.132. The van der Waals surface area contributed by atoms with Gasteiger partial charge in [-0.2, -0.15) is 13.2 Å². The minimum absolute atomic E-state index is 0.0162. The number of aliphatic carboxylic acids is 1. The number of halogens is 3. The summed E-state index contributed by atoms with van der Waals surface area (Å²) in [6, 6.07) is 0. The highest BCUT2D eigenvalue weighted by Crippen LogP contribution is 2.22. The molecule has 0 fully saturated rings. The van der Waals surface area contributed by atoms with E-state index in [1.165, 1.54) is 6.92 Å². The van der Waals surface area contributed by atoms with Gasteiger partial charge < -0.3 is 10.8 Å². The quantitative estimate of drug-likeness (QED) is 0.571. The van der Waals surface area contributed by atoms with Gasteiger partial charge in [-0.05, 0) is 6.92 Å². The second-order valence-corrected chi connectivity index (χ2v) is 2.83. The topological polar surface area (TPSA) is 63.3 Å². The largest absolute Gasteiger partial charge is 0.478 e. The monoisotopic (exact) mass is 225 g/mol. The third kappa shape index (κ3) is 15.5. The van der Waals surface area contributed by atoms with Gasteiger partial charge in [-0.25, -0.2) is 4.79 Å². The van der Waals surface area contributed by atoms with Gasteiger partial charge in [0.05, 0.1) is 6.42 Å². The minimum Gasteiger partial charge on any atom is -0.478 e. The van der Waals surface area contributed by atoms with Crippen LogP contribution in [0.1, 0.15) is 13.3 Å². The van der Waals surface area contributed by atoms with Crippen molar-refractivity contribution in [3.05, 3.63) is 24.3 Å². The van der Waals surface area contributed by atoms with E-state index in [2.05, 4.69) is 13.2 Å². The number of alkyl halides is 3. The predicted molar refractivity (Wildman–Crippen MR) is 51.3 cm³/mol. The molecule has 0 amide bonds. The van der Waals surface area contributed by atoms with Crippen molar-refractivity contribution in [1.82, 2.24) is 0 Å². The van der Waals surface area contributed by atoms with E-state index in [1.807, 2.05) is 0 Å². The Bertz CT molecular complexity index is 234. The van der Waals surface area contributed by atoms with Crippen molar-refractivity contribution < 1.29 is 23.1 Å². The maximum Gasteiger partial charge on any atom is 0.392 e. The van der Waals surface area contributed by atoms with E-state index in [9.17, 15) is 18.0 Å². The predicted octanol–water partition coefficient (Wildman–Crippen LogP) is 2.10. The van der Waals surface area contributed by atoms with Crippen LogP contribution in [0.15, 0.2) is 24.3 Å². The number of carboxylic acids is 1. The molecule has 15 heavy (non-hydrogen) atoms. The number of nitrogens with two attached hydrogens (primary N) is 1. The molecule has 3 N–H and O–H groups in total. The molecule has 0 bridgehead atoms. The highest BCUT2D eigenvalue weighted by atomic mass is 19.4. The van der Waals surface area contributed by atoms with Gasteiger partial charge in [0.25, 0.3) is 0 Å². The van der Waals surface area contributed by atoms with Crippen LogP contribution < -0.4 is 5.73 Å². The van der Waals surface area contributed by atoms with Crippen LogP contribution >= 0.6 is 0 Å². The van der Waals surface area contributed by atoms with Crippen LogP contribution in [0.3, 0.4) is 0 Å². The van der Waals surface area contributed by atoms with Crippen LogP contribution in [0, 0.1) is 0 Å². The van der Waals surface area contributed by atoms with Crippen molar-refractivity contribution in [2.75, 3.05) is 6.54 Å². The molecule has 0 aromatic carbocycles. The van der Waals surface area contributed by atoms with Crippen LogP contribution in [0.5, 0.6) is 0 Å². The molecular weight excluding hydrogens is 211 g/mol. The zero-order valence-corrected chi connectivity index (χ0v) is 8.40. The van der Waals surface area contributed by atoms with Crippen LogP contribution in [-0.4, -0.2) is 23.8 Å². The fraction of sp³-hybridized carbons (Fsp3) is 0.444. The van der Waals surface area contributed by atoms with E-state index in [0.29, 0.717) is 0 Å². The van der Waals surface area contributed by atoms with Gasteiger partial charge in [-0.3, -0.25) is 0 Å². The summed E-state index contributed by atoms with van der Waals surface area (Å²) in [5, 5.41) is 7.89. The molecule has 0 unspecified atom stereocenters. The molecule has 0 spiro atoms. The van der Waals surface area contributed by atoms with Gasteiger partial charge in [0.15, 0.2) is 0 Å². The van der Waals surface area contributed by atoms with E-state index in [0.717, 1.165) is 0 Å². The molecule has 88 valence electrons. The maximum atomic E-state index is 11.4. The summed E-state index contributed by atoms with van der Waals surface area (Å²) in [7, 11) is 0. The van der Waals surface area contributed by atoms with Crippen LogP contribution in [-0.2, 0) is 4.79 Å². The molecule has 3 nitrogen and oxygen atoms in total. The van der Waals surface area contributed by atoms with Crippen molar-refractivity contribution in [2.24, 2.45) is 5.73 Å². The van der Waals surface area contributed by atoms with E-state index in [-0.39, 0.29) is 17.7 Å². The first-order valence-electron chi connectivity index (χ1n) is 3.92. The molecule has 0 heterocycles. The van der Waals surface area contributed by atoms with Crippen LogP contribution in [0.25, 0.3) is 0 Å². The highest BCUT2D eigenvalue weighted by Gasteiger charge is 2.27. The number of rotatable bonds is 3. The molecule has 0 rings (SSSR count). The van der Waals surface area contributed by atoms with Gasteiger partial charge in [0.2, 0.25) is 0 Å². The summed E-state index contributed by atoms with van der Waals surface area (Å²) >= 11 is 0. The molecule has 0 radical (unpaired) electrons. The minimum atomic E-state index is -4.16. The van der Waals surface area contributed by atoms with Gasteiger partial charge in [-0.15, -0.1) is 0 Å². The third-order valence-corrected chi connectivity index (χ3v) is 1.10. The lowest BCUT2D eigenvalue weighted by Gasteiger charge is -2.05. The Labute approximate surface area is 86.1 Å². The average molecular weight is 225 g/mol. The summed E-state index contributed by atoms with van der Waals surface area (Å²) in [6.07, 6.45) is -5.13. The standard InChI is InChI=1S/C5H8F3N.C4H6O2/c1-4(3-9)2-5(6,7)8;1-3(2)4(5)6/h1-3,9H2;1H2,2H3,(H,5,6). The van der Waals surface area contributed by atoms with Crippen molar-refractivity contribution in [2.45, 2.75) is 19.5 Å². The van der Waals surface area contributed by atoms with E-state index >= 15 is 0 Å². The summed E-state index contributed by atoms with van der Waals surface area (Å²) in [6.45, 7) is 7.62. The fourth-order valence-corrected chi connectivity index (χ4v) is 0.356.